The second-order valence-electron chi connectivity index (χ2n) is 9.21. The molecule has 0 aliphatic rings. The molecule has 2 N–H and O–H groups in total. The molecular formula is C28H28N8O2. The third kappa shape index (κ3) is 5.76. The van der Waals surface area contributed by atoms with Gasteiger partial charge in [-0.25, -0.2) is 14.6 Å². The number of rotatable bonds is 8. The van der Waals surface area contributed by atoms with E-state index in [1.807, 2.05) is 93.6 Å². The Morgan fingerprint density at radius 3 is 2.47 bits per heavy atom. The van der Waals surface area contributed by atoms with Gasteiger partial charge in [0, 0.05) is 17.1 Å². The number of nitrogens with one attached hydrogen (secondary N) is 2. The molecule has 0 unspecified atom stereocenters. The lowest BCUT2D eigenvalue weighted by atomic mass is 10.2. The maximum Gasteiger partial charge on any atom is 0.238 e. The Morgan fingerprint density at radius 2 is 1.76 bits per heavy atom. The number of benzene rings is 2. The first-order chi connectivity index (χ1) is 18.3. The molecule has 1 amide bonds. The summed E-state index contributed by atoms with van der Waals surface area (Å²) in [4.78, 5) is 26.9. The highest BCUT2D eigenvalue weighted by atomic mass is 16.5. The van der Waals surface area contributed by atoms with Crippen LogP contribution in [0.3, 0.4) is 0 Å². The van der Waals surface area contributed by atoms with Crippen LogP contribution in [-0.4, -0.2) is 56.2 Å². The van der Waals surface area contributed by atoms with Crippen molar-refractivity contribution in [2.24, 2.45) is 0 Å². The molecule has 38 heavy (non-hydrogen) atoms. The number of carbonyl (C=O) groups is 1. The number of likely N-dealkylation sites (N-methyl/N-ethyl adjacent to an activating group) is 1. The SMILES string of the molecule is Cc1ccc(Oc2ccc(Nc3ncnc4cn(-c5ccc(NC(=O)CN(C)C)cc5)nc34)cc2C)cn1. The van der Waals surface area contributed by atoms with E-state index in [4.69, 9.17) is 9.84 Å². The first-order valence-corrected chi connectivity index (χ1v) is 12.1. The number of hydrogen-bond acceptors (Lipinski definition) is 8. The summed E-state index contributed by atoms with van der Waals surface area (Å²) in [6, 6.07) is 17.1. The van der Waals surface area contributed by atoms with E-state index in [-0.39, 0.29) is 5.91 Å². The lowest BCUT2D eigenvalue weighted by Crippen LogP contribution is -2.27. The van der Waals surface area contributed by atoms with E-state index in [2.05, 4.69) is 25.6 Å². The van der Waals surface area contributed by atoms with Gasteiger partial charge in [-0.3, -0.25) is 9.78 Å². The molecule has 2 aromatic carbocycles. The van der Waals surface area contributed by atoms with Crippen molar-refractivity contribution in [3.05, 3.63) is 84.6 Å². The van der Waals surface area contributed by atoms with E-state index in [1.165, 1.54) is 6.33 Å². The molecule has 0 radical (unpaired) electrons. The van der Waals surface area contributed by atoms with Crippen LogP contribution in [-0.2, 0) is 4.79 Å². The summed E-state index contributed by atoms with van der Waals surface area (Å²) in [6.07, 6.45) is 5.07. The highest BCUT2D eigenvalue weighted by Gasteiger charge is 2.12. The number of hydrogen-bond donors (Lipinski definition) is 2. The van der Waals surface area contributed by atoms with Gasteiger partial charge in [-0.15, -0.1) is 0 Å². The van der Waals surface area contributed by atoms with Crippen LogP contribution in [0.4, 0.5) is 17.2 Å². The highest BCUT2D eigenvalue weighted by molar-refractivity contribution is 5.92. The van der Waals surface area contributed by atoms with Crippen molar-refractivity contribution in [2.75, 3.05) is 31.3 Å². The smallest absolute Gasteiger partial charge is 0.238 e. The van der Waals surface area contributed by atoms with Crippen molar-refractivity contribution in [1.82, 2.24) is 29.6 Å². The molecular weight excluding hydrogens is 480 g/mol. The zero-order valence-corrected chi connectivity index (χ0v) is 21.6. The number of aryl methyl sites for hydroxylation is 2. The van der Waals surface area contributed by atoms with E-state index < -0.39 is 0 Å². The molecule has 10 nitrogen and oxygen atoms in total. The quantitative estimate of drug-likeness (QED) is 0.306. The molecule has 0 fully saturated rings. The standard InChI is InChI=1S/C28H28N8O2/c1-18-13-21(8-12-25(18)38-23-11-5-19(2)29-14-23)33-28-27-24(30-17-31-28)15-36(34-27)22-9-6-20(7-10-22)32-26(37)16-35(3)4/h5-15,17H,16H2,1-4H3,(H,32,37)(H,30,31,33). The monoisotopic (exact) mass is 508 g/mol. The van der Waals surface area contributed by atoms with Gasteiger partial charge in [0.1, 0.15) is 23.3 Å². The Balaban J connectivity index is 1.33. The minimum absolute atomic E-state index is 0.0689. The summed E-state index contributed by atoms with van der Waals surface area (Å²) in [6.45, 7) is 4.24. The molecule has 192 valence electrons. The predicted octanol–water partition coefficient (Wildman–Crippen LogP) is 4.86. The van der Waals surface area contributed by atoms with E-state index in [0.717, 1.165) is 34.1 Å². The normalized spacial score (nSPS) is 11.1. The fourth-order valence-corrected chi connectivity index (χ4v) is 3.87. The molecule has 0 saturated heterocycles. The Kier molecular flexibility index (Phi) is 6.96. The molecule has 3 aromatic heterocycles. The first kappa shape index (κ1) is 24.8. The summed E-state index contributed by atoms with van der Waals surface area (Å²) in [5.74, 6) is 1.96. The summed E-state index contributed by atoms with van der Waals surface area (Å²) in [5.41, 5.74) is 5.65. The molecule has 0 bridgehead atoms. The number of carbonyl (C=O) groups excluding carboxylic acids is 1. The van der Waals surface area contributed by atoms with Gasteiger partial charge in [-0.05, 0) is 88.1 Å². The average Bonchev–Trinajstić information content (AvgIpc) is 3.32. The van der Waals surface area contributed by atoms with Gasteiger partial charge in [0.2, 0.25) is 5.91 Å². The Labute approximate surface area is 220 Å². The van der Waals surface area contributed by atoms with Crippen LogP contribution in [0.5, 0.6) is 11.5 Å². The van der Waals surface area contributed by atoms with Gasteiger partial charge in [0.25, 0.3) is 0 Å². The van der Waals surface area contributed by atoms with Crippen LogP contribution in [0.2, 0.25) is 0 Å². The zero-order chi connectivity index (χ0) is 26.6. The third-order valence-electron chi connectivity index (χ3n) is 5.73. The van der Waals surface area contributed by atoms with Crippen LogP contribution >= 0.6 is 0 Å². The van der Waals surface area contributed by atoms with Crippen molar-refractivity contribution in [3.8, 4) is 17.2 Å². The minimum atomic E-state index is -0.0689. The second-order valence-corrected chi connectivity index (χ2v) is 9.21. The van der Waals surface area contributed by atoms with E-state index in [0.29, 0.717) is 29.1 Å². The topological polar surface area (TPSA) is 110 Å². The van der Waals surface area contributed by atoms with Gasteiger partial charge in [-0.1, -0.05) is 0 Å². The molecule has 10 heteroatoms. The minimum Gasteiger partial charge on any atom is -0.455 e. The van der Waals surface area contributed by atoms with E-state index in [9.17, 15) is 4.79 Å². The molecule has 0 spiro atoms. The van der Waals surface area contributed by atoms with Gasteiger partial charge in [0.15, 0.2) is 11.3 Å². The fourth-order valence-electron chi connectivity index (χ4n) is 3.87. The van der Waals surface area contributed by atoms with Crippen molar-refractivity contribution in [2.45, 2.75) is 13.8 Å². The van der Waals surface area contributed by atoms with Crippen LogP contribution < -0.4 is 15.4 Å². The second kappa shape index (κ2) is 10.7. The van der Waals surface area contributed by atoms with Gasteiger partial charge < -0.3 is 20.3 Å². The number of anilines is 3. The molecule has 0 aliphatic carbocycles. The lowest BCUT2D eigenvalue weighted by Gasteiger charge is -2.11. The van der Waals surface area contributed by atoms with Gasteiger partial charge in [0.05, 0.1) is 24.6 Å². The fraction of sp³-hybridized carbons (Fsp3) is 0.179. The Hall–Kier alpha value is -4.83. The highest BCUT2D eigenvalue weighted by Crippen LogP contribution is 2.29. The summed E-state index contributed by atoms with van der Waals surface area (Å²) in [7, 11) is 3.71. The van der Waals surface area contributed by atoms with Crippen LogP contribution in [0.15, 0.2) is 73.3 Å². The molecule has 0 atom stereocenters. The maximum absolute atomic E-state index is 12.0. The number of nitrogens with zero attached hydrogens (tertiary/aromatic N) is 6. The average molecular weight is 509 g/mol. The maximum atomic E-state index is 12.0. The molecule has 3 heterocycles. The molecule has 0 saturated carbocycles. The number of amides is 1. The summed E-state index contributed by atoms with van der Waals surface area (Å²) in [5, 5.41) is 11.0. The van der Waals surface area contributed by atoms with Crippen LogP contribution in [0, 0.1) is 13.8 Å². The molecule has 0 aliphatic heterocycles. The van der Waals surface area contributed by atoms with Gasteiger partial charge >= 0.3 is 0 Å². The van der Waals surface area contributed by atoms with E-state index in [1.54, 1.807) is 10.9 Å². The number of fused-ring (bicyclic) bond motifs is 1. The van der Waals surface area contributed by atoms with Crippen molar-refractivity contribution in [1.29, 1.82) is 0 Å². The van der Waals surface area contributed by atoms with Crippen molar-refractivity contribution in [3.63, 3.8) is 0 Å². The summed E-state index contributed by atoms with van der Waals surface area (Å²) < 4.78 is 7.73. The van der Waals surface area contributed by atoms with Gasteiger partial charge in [-0.2, -0.15) is 5.10 Å². The zero-order valence-electron chi connectivity index (χ0n) is 21.6. The van der Waals surface area contributed by atoms with Crippen molar-refractivity contribution >= 4 is 34.1 Å². The predicted molar refractivity (Wildman–Crippen MR) is 147 cm³/mol. The van der Waals surface area contributed by atoms with E-state index >= 15 is 0 Å². The Bertz CT molecular complexity index is 1580. The van der Waals surface area contributed by atoms with Crippen molar-refractivity contribution < 1.29 is 9.53 Å². The Morgan fingerprint density at radius 1 is 0.974 bits per heavy atom. The molecule has 5 rings (SSSR count). The lowest BCUT2D eigenvalue weighted by molar-refractivity contribution is -0.116. The number of aromatic nitrogens is 5. The number of pyridine rings is 1. The first-order valence-electron chi connectivity index (χ1n) is 12.1. The van der Waals surface area contributed by atoms with Crippen LogP contribution in [0.25, 0.3) is 16.7 Å². The third-order valence-corrected chi connectivity index (χ3v) is 5.73. The summed E-state index contributed by atoms with van der Waals surface area (Å²) >= 11 is 0. The molecule has 5 aromatic rings. The van der Waals surface area contributed by atoms with Crippen LogP contribution in [0.1, 0.15) is 11.3 Å². The largest absolute Gasteiger partial charge is 0.455 e. The number of ether oxygens (including phenoxy) is 1.